The Labute approximate surface area is 96.7 Å². The molecule has 1 heterocycles. The molecule has 2 N–H and O–H groups in total. The lowest BCUT2D eigenvalue weighted by Crippen LogP contribution is -2.30. The Kier molecular flexibility index (Phi) is 4.49. The van der Waals surface area contributed by atoms with E-state index in [1.165, 1.54) is 4.31 Å². The van der Waals surface area contributed by atoms with Crippen LogP contribution in [0.4, 0.5) is 4.79 Å². The molecule has 5 nitrogen and oxygen atoms in total. The summed E-state index contributed by atoms with van der Waals surface area (Å²) in [6.07, 6.45) is 0.251. The summed E-state index contributed by atoms with van der Waals surface area (Å²) in [6, 6.07) is -0.360. The van der Waals surface area contributed by atoms with Crippen LogP contribution < -0.4 is 0 Å². The van der Waals surface area contributed by atoms with Gasteiger partial charge in [0, 0.05) is 6.42 Å². The molecule has 0 saturated heterocycles. The first-order valence-corrected chi connectivity index (χ1v) is 5.55. The molecule has 1 aliphatic heterocycles. The number of hydrogen-bond donors (Lipinski definition) is 3. The van der Waals surface area contributed by atoms with E-state index in [4.69, 9.17) is 10.2 Å². The molecule has 1 rings (SSSR count). The molecule has 1 atom stereocenters. The minimum Gasteiger partial charge on any atom is -0.481 e. The number of hydrogen-bond acceptors (Lipinski definition) is 4. The fraction of sp³-hybridized carbons (Fsp3) is 0.500. The number of amides is 1. The van der Waals surface area contributed by atoms with Gasteiger partial charge in [-0.3, -0.25) is 13.9 Å². The largest absolute Gasteiger partial charge is 0.481 e. The standard InChI is InChI=1S/C8H11NO4S2/c10-3-5-4-15-9(8(13)14)6(5)1-2-7(11)12/h4,6,10H,1-3H2,(H,11,12)(H,13,14). The molecule has 84 valence electrons. The minimum absolute atomic E-state index is 0.0415. The van der Waals surface area contributed by atoms with Crippen LogP contribution in [0.2, 0.25) is 0 Å². The summed E-state index contributed by atoms with van der Waals surface area (Å²) in [6.45, 7) is -0.172. The van der Waals surface area contributed by atoms with Crippen molar-refractivity contribution in [2.24, 2.45) is 0 Å². The second kappa shape index (κ2) is 5.43. The normalized spacial score (nSPS) is 20.3. The Balaban J connectivity index is 2.64. The average molecular weight is 249 g/mol. The maximum atomic E-state index is 11.1. The fourth-order valence-corrected chi connectivity index (χ4v) is 2.55. The number of thiol groups is 1. The van der Waals surface area contributed by atoms with Gasteiger partial charge in [0.05, 0.1) is 12.6 Å². The summed E-state index contributed by atoms with van der Waals surface area (Å²) in [5, 5.41) is 18.8. The zero-order valence-corrected chi connectivity index (χ0v) is 9.50. The number of aliphatic hydroxyl groups is 1. The Hall–Kier alpha value is -0.660. The van der Waals surface area contributed by atoms with Crippen molar-refractivity contribution in [3.63, 3.8) is 0 Å². The molecule has 0 spiro atoms. The van der Waals surface area contributed by atoms with Gasteiger partial charge < -0.3 is 10.2 Å². The first kappa shape index (κ1) is 12.4. The third kappa shape index (κ3) is 3.15. The van der Waals surface area contributed by atoms with E-state index >= 15 is 0 Å². The van der Waals surface area contributed by atoms with E-state index in [2.05, 4.69) is 12.6 Å². The van der Waals surface area contributed by atoms with Crippen molar-refractivity contribution in [1.82, 2.24) is 4.31 Å². The Morgan fingerprint density at radius 1 is 1.60 bits per heavy atom. The SMILES string of the molecule is O=C(O)CCC1C(CO)=CSN1C(=O)S. The first-order chi connectivity index (χ1) is 7.06. The highest BCUT2D eigenvalue weighted by Gasteiger charge is 2.30. The van der Waals surface area contributed by atoms with Gasteiger partial charge in [0.25, 0.3) is 5.24 Å². The van der Waals surface area contributed by atoms with Gasteiger partial charge >= 0.3 is 5.97 Å². The summed E-state index contributed by atoms with van der Waals surface area (Å²) in [5.74, 6) is -0.921. The number of nitrogens with zero attached hydrogens (tertiary/aromatic N) is 1. The van der Waals surface area contributed by atoms with Gasteiger partial charge in [-0.15, -0.1) is 0 Å². The van der Waals surface area contributed by atoms with Crippen molar-refractivity contribution in [3.8, 4) is 0 Å². The molecule has 0 aromatic heterocycles. The maximum Gasteiger partial charge on any atom is 0.303 e. The molecule has 0 aromatic rings. The number of carbonyl (C=O) groups is 2. The van der Waals surface area contributed by atoms with Crippen molar-refractivity contribution in [2.45, 2.75) is 18.9 Å². The highest BCUT2D eigenvalue weighted by atomic mass is 32.2. The van der Waals surface area contributed by atoms with E-state index in [9.17, 15) is 9.59 Å². The van der Waals surface area contributed by atoms with Crippen LogP contribution in [0.3, 0.4) is 0 Å². The van der Waals surface area contributed by atoms with Crippen molar-refractivity contribution in [3.05, 3.63) is 11.0 Å². The van der Waals surface area contributed by atoms with Gasteiger partial charge in [0.15, 0.2) is 0 Å². The molecule has 0 fully saturated rings. The number of aliphatic carboxylic acids is 1. The van der Waals surface area contributed by atoms with Crippen LogP contribution in [-0.4, -0.2) is 38.4 Å². The van der Waals surface area contributed by atoms with E-state index in [-0.39, 0.29) is 19.1 Å². The smallest absolute Gasteiger partial charge is 0.303 e. The van der Waals surface area contributed by atoms with E-state index in [1.54, 1.807) is 5.41 Å². The molecule has 0 radical (unpaired) electrons. The lowest BCUT2D eigenvalue weighted by atomic mass is 10.0. The highest BCUT2D eigenvalue weighted by molar-refractivity contribution is 8.04. The van der Waals surface area contributed by atoms with Crippen LogP contribution in [-0.2, 0) is 4.79 Å². The van der Waals surface area contributed by atoms with E-state index in [1.807, 2.05) is 0 Å². The maximum absolute atomic E-state index is 11.1. The van der Waals surface area contributed by atoms with Crippen molar-refractivity contribution in [1.29, 1.82) is 0 Å². The van der Waals surface area contributed by atoms with Gasteiger partial charge in [-0.2, -0.15) is 0 Å². The molecule has 0 bridgehead atoms. The molecular weight excluding hydrogens is 238 g/mol. The summed E-state index contributed by atoms with van der Waals surface area (Å²) >= 11 is 4.82. The predicted octanol–water partition coefficient (Wildman–Crippen LogP) is 1.11. The summed E-state index contributed by atoms with van der Waals surface area (Å²) in [5.41, 5.74) is 0.656. The number of carboxylic acids is 1. The summed E-state index contributed by atoms with van der Waals surface area (Å²) < 4.78 is 1.36. The minimum atomic E-state index is -0.921. The first-order valence-electron chi connectivity index (χ1n) is 4.26. The second-order valence-electron chi connectivity index (χ2n) is 3.01. The van der Waals surface area contributed by atoms with E-state index < -0.39 is 11.2 Å². The van der Waals surface area contributed by atoms with Crippen LogP contribution >= 0.6 is 24.6 Å². The molecular formula is C8H11NO4S2. The van der Waals surface area contributed by atoms with Gasteiger partial charge in [-0.25, -0.2) is 0 Å². The van der Waals surface area contributed by atoms with Gasteiger partial charge in [0.2, 0.25) is 0 Å². The van der Waals surface area contributed by atoms with Crippen LogP contribution in [0, 0.1) is 0 Å². The lowest BCUT2D eigenvalue weighted by Gasteiger charge is -2.22. The zero-order valence-electron chi connectivity index (χ0n) is 7.79. The molecule has 1 amide bonds. The Morgan fingerprint density at radius 3 is 2.73 bits per heavy atom. The fourth-order valence-electron chi connectivity index (χ4n) is 1.31. The molecule has 1 aliphatic rings. The molecule has 0 saturated carbocycles. The average Bonchev–Trinajstić information content (AvgIpc) is 2.57. The summed E-state index contributed by atoms with van der Waals surface area (Å²) in [4.78, 5) is 21.5. The van der Waals surface area contributed by atoms with Crippen LogP contribution in [0.1, 0.15) is 12.8 Å². The third-order valence-electron chi connectivity index (χ3n) is 2.03. The van der Waals surface area contributed by atoms with Gasteiger partial charge in [-0.05, 0) is 29.3 Å². The van der Waals surface area contributed by atoms with Crippen molar-refractivity contribution >= 4 is 35.8 Å². The van der Waals surface area contributed by atoms with Crippen LogP contribution in [0.15, 0.2) is 11.0 Å². The van der Waals surface area contributed by atoms with Crippen molar-refractivity contribution < 1.29 is 19.8 Å². The highest BCUT2D eigenvalue weighted by Crippen LogP contribution is 2.33. The van der Waals surface area contributed by atoms with Crippen molar-refractivity contribution in [2.75, 3.05) is 6.61 Å². The van der Waals surface area contributed by atoms with E-state index in [0.29, 0.717) is 12.0 Å². The van der Waals surface area contributed by atoms with E-state index in [0.717, 1.165) is 11.9 Å². The van der Waals surface area contributed by atoms with Crippen LogP contribution in [0.25, 0.3) is 0 Å². The Morgan fingerprint density at radius 2 is 2.27 bits per heavy atom. The molecule has 7 heteroatoms. The number of rotatable bonds is 4. The molecule has 0 aliphatic carbocycles. The molecule has 1 unspecified atom stereocenters. The quantitative estimate of drug-likeness (QED) is 0.514. The van der Waals surface area contributed by atoms with Crippen LogP contribution in [0.5, 0.6) is 0 Å². The number of carbonyl (C=O) groups excluding carboxylic acids is 1. The van der Waals surface area contributed by atoms with Gasteiger partial charge in [0.1, 0.15) is 0 Å². The topological polar surface area (TPSA) is 77.8 Å². The molecule has 0 aromatic carbocycles. The predicted molar refractivity (Wildman–Crippen MR) is 59.6 cm³/mol. The summed E-state index contributed by atoms with van der Waals surface area (Å²) in [7, 11) is 0. The monoisotopic (exact) mass is 249 g/mol. The Bertz CT molecular complexity index is 305. The number of carboxylic acid groups (broad SMARTS) is 1. The second-order valence-corrected chi connectivity index (χ2v) is 4.24. The third-order valence-corrected chi connectivity index (χ3v) is 3.44. The van der Waals surface area contributed by atoms with Gasteiger partial charge in [-0.1, -0.05) is 12.6 Å². The number of aliphatic hydroxyl groups excluding tert-OH is 1. The lowest BCUT2D eigenvalue weighted by molar-refractivity contribution is -0.137. The molecule has 15 heavy (non-hydrogen) atoms. The zero-order chi connectivity index (χ0) is 11.4.